The molecule has 5 nitrogen and oxygen atoms in total. The van der Waals surface area contributed by atoms with E-state index in [4.69, 9.17) is 9.15 Å². The first-order valence-corrected chi connectivity index (χ1v) is 9.07. The first kappa shape index (κ1) is 17.5. The summed E-state index contributed by atoms with van der Waals surface area (Å²) in [5.41, 5.74) is 0.571. The van der Waals surface area contributed by atoms with Crippen molar-refractivity contribution in [1.29, 1.82) is 0 Å². The molecule has 134 valence electrons. The number of carbonyl (C=O) groups excluding carboxylic acids is 1. The van der Waals surface area contributed by atoms with Gasteiger partial charge in [-0.05, 0) is 57.1 Å². The average molecular weight is 342 g/mol. The van der Waals surface area contributed by atoms with Crippen LogP contribution in [0.2, 0.25) is 0 Å². The molecule has 0 bridgehead atoms. The third kappa shape index (κ3) is 4.42. The van der Waals surface area contributed by atoms with Gasteiger partial charge < -0.3 is 14.5 Å². The van der Waals surface area contributed by atoms with E-state index in [1.54, 1.807) is 12.3 Å². The van der Waals surface area contributed by atoms with Gasteiger partial charge >= 0.3 is 0 Å². The smallest absolute Gasteiger partial charge is 0.255 e. The van der Waals surface area contributed by atoms with Crippen LogP contribution in [0.5, 0.6) is 5.75 Å². The van der Waals surface area contributed by atoms with E-state index in [9.17, 15) is 4.79 Å². The molecule has 1 amide bonds. The molecule has 2 heterocycles. The largest absolute Gasteiger partial charge is 0.493 e. The van der Waals surface area contributed by atoms with Gasteiger partial charge in [0.2, 0.25) is 0 Å². The number of likely N-dealkylation sites (tertiary alicyclic amines) is 1. The Morgan fingerprint density at radius 1 is 1.20 bits per heavy atom. The lowest BCUT2D eigenvalue weighted by atomic mass is 10.1. The maximum atomic E-state index is 12.7. The Bertz CT molecular complexity index is 663. The van der Waals surface area contributed by atoms with Crippen molar-refractivity contribution in [2.45, 2.75) is 32.2 Å². The van der Waals surface area contributed by atoms with Gasteiger partial charge in [-0.25, -0.2) is 0 Å². The predicted molar refractivity (Wildman–Crippen MR) is 96.8 cm³/mol. The van der Waals surface area contributed by atoms with Crippen molar-refractivity contribution in [2.75, 3.05) is 26.2 Å². The molecule has 3 rings (SSSR count). The fraction of sp³-hybridized carbons (Fsp3) is 0.450. The van der Waals surface area contributed by atoms with Crippen LogP contribution in [0, 0.1) is 0 Å². The minimum absolute atomic E-state index is 0.0681. The van der Waals surface area contributed by atoms with Crippen molar-refractivity contribution in [3.05, 3.63) is 54.0 Å². The Labute approximate surface area is 149 Å². The second-order valence-electron chi connectivity index (χ2n) is 6.27. The molecule has 0 unspecified atom stereocenters. The highest BCUT2D eigenvalue weighted by molar-refractivity contribution is 5.96. The number of piperidine rings is 1. The van der Waals surface area contributed by atoms with E-state index in [0.29, 0.717) is 24.5 Å². The van der Waals surface area contributed by atoms with Crippen LogP contribution in [-0.2, 0) is 0 Å². The van der Waals surface area contributed by atoms with Crippen LogP contribution in [0.4, 0.5) is 0 Å². The molecule has 0 aliphatic carbocycles. The van der Waals surface area contributed by atoms with Crippen LogP contribution in [-0.4, -0.2) is 37.0 Å². The normalized spacial score (nSPS) is 16.4. The molecule has 2 aromatic rings. The zero-order valence-corrected chi connectivity index (χ0v) is 14.7. The van der Waals surface area contributed by atoms with Crippen molar-refractivity contribution < 1.29 is 13.9 Å². The lowest BCUT2D eigenvalue weighted by Crippen LogP contribution is -2.40. The summed E-state index contributed by atoms with van der Waals surface area (Å²) in [6.45, 7) is 5.05. The molecule has 1 aromatic carbocycles. The number of rotatable bonds is 7. The second-order valence-corrected chi connectivity index (χ2v) is 6.27. The Morgan fingerprint density at radius 3 is 2.72 bits per heavy atom. The summed E-state index contributed by atoms with van der Waals surface area (Å²) in [5, 5.41) is 3.06. The number of furan rings is 1. The quantitative estimate of drug-likeness (QED) is 0.835. The van der Waals surface area contributed by atoms with Crippen LogP contribution < -0.4 is 10.1 Å². The maximum Gasteiger partial charge on any atom is 0.255 e. The van der Waals surface area contributed by atoms with E-state index < -0.39 is 0 Å². The van der Waals surface area contributed by atoms with E-state index in [1.165, 1.54) is 19.3 Å². The van der Waals surface area contributed by atoms with Gasteiger partial charge in [0.25, 0.3) is 5.91 Å². The molecule has 1 atom stereocenters. The molecule has 0 spiro atoms. The van der Waals surface area contributed by atoms with Crippen LogP contribution in [0.15, 0.2) is 47.1 Å². The van der Waals surface area contributed by atoms with Crippen LogP contribution in [0.3, 0.4) is 0 Å². The number of para-hydroxylation sites is 1. The van der Waals surface area contributed by atoms with Crippen LogP contribution in [0.25, 0.3) is 0 Å². The summed E-state index contributed by atoms with van der Waals surface area (Å²) in [6, 6.07) is 11.3. The zero-order chi connectivity index (χ0) is 17.5. The van der Waals surface area contributed by atoms with E-state index >= 15 is 0 Å². The number of hydrogen-bond acceptors (Lipinski definition) is 4. The molecule has 0 saturated carbocycles. The molecule has 5 heteroatoms. The molecule has 1 N–H and O–H groups in total. The fourth-order valence-corrected chi connectivity index (χ4v) is 3.34. The monoisotopic (exact) mass is 342 g/mol. The summed E-state index contributed by atoms with van der Waals surface area (Å²) in [5.74, 6) is 1.41. The van der Waals surface area contributed by atoms with Crippen molar-refractivity contribution >= 4 is 5.91 Å². The summed E-state index contributed by atoms with van der Waals surface area (Å²) in [4.78, 5) is 15.1. The Hall–Kier alpha value is -2.27. The number of benzene rings is 1. The Morgan fingerprint density at radius 2 is 2.00 bits per heavy atom. The van der Waals surface area contributed by atoms with E-state index in [0.717, 1.165) is 18.8 Å². The van der Waals surface area contributed by atoms with Crippen molar-refractivity contribution in [3.63, 3.8) is 0 Å². The highest BCUT2D eigenvalue weighted by atomic mass is 16.5. The minimum atomic E-state index is -0.113. The van der Waals surface area contributed by atoms with Gasteiger partial charge in [-0.3, -0.25) is 9.69 Å². The molecule has 1 aliphatic heterocycles. The predicted octanol–water partition coefficient (Wildman–Crippen LogP) is 3.64. The summed E-state index contributed by atoms with van der Waals surface area (Å²) < 4.78 is 11.2. The molecule has 1 fully saturated rings. The molecule has 1 saturated heterocycles. The lowest BCUT2D eigenvalue weighted by molar-refractivity contribution is 0.0910. The second kappa shape index (κ2) is 8.72. The molecular formula is C20H26N2O3. The lowest BCUT2D eigenvalue weighted by Gasteiger charge is -2.33. The first-order valence-electron chi connectivity index (χ1n) is 9.07. The van der Waals surface area contributed by atoms with Crippen LogP contribution in [0.1, 0.15) is 48.3 Å². The van der Waals surface area contributed by atoms with E-state index in [-0.39, 0.29) is 11.9 Å². The number of amides is 1. The van der Waals surface area contributed by atoms with Crippen molar-refractivity contribution in [2.24, 2.45) is 0 Å². The summed E-state index contributed by atoms with van der Waals surface area (Å²) in [7, 11) is 0. The zero-order valence-electron chi connectivity index (χ0n) is 14.7. The third-order valence-electron chi connectivity index (χ3n) is 4.59. The topological polar surface area (TPSA) is 54.7 Å². The molecule has 1 aromatic heterocycles. The number of nitrogens with one attached hydrogen (secondary N) is 1. The molecule has 25 heavy (non-hydrogen) atoms. The SMILES string of the molecule is CCOc1ccccc1C(=O)NC[C@H](c1ccco1)N1CCCCC1. The number of hydrogen-bond donors (Lipinski definition) is 1. The average Bonchev–Trinajstić information content (AvgIpc) is 3.18. The van der Waals surface area contributed by atoms with Gasteiger partial charge in [-0.1, -0.05) is 18.6 Å². The van der Waals surface area contributed by atoms with Crippen LogP contribution >= 0.6 is 0 Å². The Balaban J connectivity index is 1.69. The van der Waals surface area contributed by atoms with Gasteiger partial charge in [0.15, 0.2) is 0 Å². The van der Waals surface area contributed by atoms with Crippen molar-refractivity contribution in [1.82, 2.24) is 10.2 Å². The molecule has 1 aliphatic rings. The van der Waals surface area contributed by atoms with Gasteiger partial charge in [0.05, 0.1) is 24.5 Å². The number of nitrogens with zero attached hydrogens (tertiary/aromatic N) is 1. The Kier molecular flexibility index (Phi) is 6.12. The minimum Gasteiger partial charge on any atom is -0.493 e. The fourth-order valence-electron chi connectivity index (χ4n) is 3.34. The standard InChI is InChI=1S/C20H26N2O3/c1-2-24-18-10-5-4-9-16(18)20(23)21-15-17(19-11-8-14-25-19)22-12-6-3-7-13-22/h4-5,8-11,14,17H,2-3,6-7,12-13,15H2,1H3,(H,21,23)/t17-/m1/s1. The van der Waals surface area contributed by atoms with E-state index in [1.807, 2.05) is 37.3 Å². The molecule has 0 radical (unpaired) electrons. The van der Waals surface area contributed by atoms with Gasteiger partial charge in [-0.15, -0.1) is 0 Å². The van der Waals surface area contributed by atoms with E-state index in [2.05, 4.69) is 10.2 Å². The van der Waals surface area contributed by atoms with Gasteiger partial charge in [-0.2, -0.15) is 0 Å². The van der Waals surface area contributed by atoms with Crippen molar-refractivity contribution in [3.8, 4) is 5.75 Å². The highest BCUT2D eigenvalue weighted by Crippen LogP contribution is 2.25. The molecular weight excluding hydrogens is 316 g/mol. The maximum absolute atomic E-state index is 12.7. The van der Waals surface area contributed by atoms with Gasteiger partial charge in [0.1, 0.15) is 11.5 Å². The number of carbonyl (C=O) groups is 1. The third-order valence-corrected chi connectivity index (χ3v) is 4.59. The number of ether oxygens (including phenoxy) is 1. The summed E-state index contributed by atoms with van der Waals surface area (Å²) in [6.07, 6.45) is 5.35. The first-order chi connectivity index (χ1) is 12.3. The summed E-state index contributed by atoms with van der Waals surface area (Å²) >= 11 is 0. The van der Waals surface area contributed by atoms with Gasteiger partial charge in [0, 0.05) is 6.54 Å². The highest BCUT2D eigenvalue weighted by Gasteiger charge is 2.25.